The third-order valence-electron chi connectivity index (χ3n) is 5.56. The van der Waals surface area contributed by atoms with Gasteiger partial charge in [-0.05, 0) is 60.7 Å². The molecule has 0 radical (unpaired) electrons. The van der Waals surface area contributed by atoms with Gasteiger partial charge in [0.2, 0.25) is 5.89 Å². The fourth-order valence-corrected chi connectivity index (χ4v) is 4.04. The zero-order chi connectivity index (χ0) is 22.7. The van der Waals surface area contributed by atoms with Gasteiger partial charge in [-0.15, -0.1) is 10.2 Å². The molecule has 0 amide bonds. The Morgan fingerprint density at radius 1 is 1.34 bits per heavy atom. The van der Waals surface area contributed by atoms with E-state index in [1.165, 1.54) is 0 Å². The van der Waals surface area contributed by atoms with Gasteiger partial charge >= 0.3 is 0 Å². The number of benzene rings is 1. The highest BCUT2D eigenvalue weighted by atomic mass is 35.5. The van der Waals surface area contributed by atoms with Crippen molar-refractivity contribution in [3.05, 3.63) is 70.2 Å². The van der Waals surface area contributed by atoms with Crippen molar-refractivity contribution in [1.29, 1.82) is 0 Å². The molecule has 9 heteroatoms. The smallest absolute Gasteiger partial charge is 0.249 e. The van der Waals surface area contributed by atoms with Gasteiger partial charge < -0.3 is 9.42 Å². The van der Waals surface area contributed by atoms with Gasteiger partial charge in [-0.1, -0.05) is 49.3 Å². The summed E-state index contributed by atoms with van der Waals surface area (Å²) in [5, 5.41) is 17.1. The molecule has 32 heavy (non-hydrogen) atoms. The van der Waals surface area contributed by atoms with Crippen molar-refractivity contribution in [2.24, 2.45) is 0 Å². The van der Waals surface area contributed by atoms with Gasteiger partial charge in [0.25, 0.3) is 0 Å². The quantitative estimate of drug-likeness (QED) is 0.468. The van der Waals surface area contributed by atoms with Crippen LogP contribution in [-0.2, 0) is 6.54 Å². The largest absolute Gasteiger partial charge is 0.360 e. The molecule has 3 aromatic rings. The monoisotopic (exact) mass is 453 g/mol. The van der Waals surface area contributed by atoms with E-state index >= 15 is 0 Å². The van der Waals surface area contributed by atoms with Crippen molar-refractivity contribution >= 4 is 17.7 Å². The van der Waals surface area contributed by atoms with Crippen LogP contribution in [0.3, 0.4) is 0 Å². The molecular formula is C23H28ClN7O. The van der Waals surface area contributed by atoms with Crippen LogP contribution in [0, 0.1) is 6.92 Å². The molecule has 0 saturated carbocycles. The van der Waals surface area contributed by atoms with Crippen LogP contribution in [0.15, 0.2) is 41.1 Å². The third kappa shape index (κ3) is 5.07. The fraction of sp³-hybridized carbons (Fsp3) is 0.435. The first-order valence-corrected chi connectivity index (χ1v) is 11.3. The van der Waals surface area contributed by atoms with Gasteiger partial charge in [-0.3, -0.25) is 0 Å². The lowest BCUT2D eigenvalue weighted by molar-refractivity contribution is 0.162. The summed E-state index contributed by atoms with van der Waals surface area (Å²) in [6, 6.07) is 5.85. The Labute approximate surface area is 193 Å². The van der Waals surface area contributed by atoms with E-state index in [0.29, 0.717) is 23.3 Å². The molecule has 2 aromatic heterocycles. The normalized spacial score (nSPS) is 16.9. The zero-order valence-electron chi connectivity index (χ0n) is 18.7. The fourth-order valence-electron chi connectivity index (χ4n) is 3.85. The third-order valence-corrected chi connectivity index (χ3v) is 5.79. The number of likely N-dealkylation sites (tertiary alicyclic amines) is 1. The molecule has 4 rings (SSSR count). The molecule has 1 aromatic carbocycles. The Kier molecular flexibility index (Phi) is 6.69. The summed E-state index contributed by atoms with van der Waals surface area (Å²) in [5.74, 6) is 2.28. The number of hydrogen-bond acceptors (Lipinski definition) is 7. The van der Waals surface area contributed by atoms with Gasteiger partial charge in [0, 0.05) is 23.2 Å². The van der Waals surface area contributed by atoms with Crippen LogP contribution in [0.5, 0.6) is 0 Å². The number of aryl methyl sites for hydroxylation is 1. The summed E-state index contributed by atoms with van der Waals surface area (Å²) in [5.41, 5.74) is 2.95. The summed E-state index contributed by atoms with van der Waals surface area (Å²) in [6.45, 7) is 11.7. The van der Waals surface area contributed by atoms with Crippen molar-refractivity contribution in [3.8, 4) is 0 Å². The molecule has 1 saturated heterocycles. The molecular weight excluding hydrogens is 426 g/mol. The summed E-state index contributed by atoms with van der Waals surface area (Å²) in [4.78, 5) is 8.46. The minimum absolute atomic E-state index is 0.0490. The summed E-state index contributed by atoms with van der Waals surface area (Å²) in [6.07, 6.45) is 7.29. The van der Waals surface area contributed by atoms with Gasteiger partial charge in [0.1, 0.15) is 6.04 Å². The van der Waals surface area contributed by atoms with E-state index < -0.39 is 0 Å². The van der Waals surface area contributed by atoms with E-state index in [2.05, 4.69) is 57.0 Å². The lowest BCUT2D eigenvalue weighted by Crippen LogP contribution is -2.32. The van der Waals surface area contributed by atoms with Crippen LogP contribution in [0.1, 0.15) is 73.7 Å². The standard InChI is InChI=1S/C23H28ClN7O/c1-15(2)22-25-23(32-28-22)21-7-5-6-12-30(21)16(3)8-9-18-10-11-20(24)13-19(18)14-31-27-17(4)26-29-31/h8-11,13,15,21H,3,5-7,12,14H2,1-2,4H3/b9-8+/t21-/m1/s1. The molecule has 1 aliphatic heterocycles. The van der Waals surface area contributed by atoms with Gasteiger partial charge in [-0.2, -0.15) is 9.78 Å². The molecule has 3 heterocycles. The van der Waals surface area contributed by atoms with Crippen molar-refractivity contribution in [2.75, 3.05) is 6.54 Å². The van der Waals surface area contributed by atoms with Crippen molar-refractivity contribution in [2.45, 2.75) is 58.5 Å². The van der Waals surface area contributed by atoms with E-state index in [4.69, 9.17) is 16.1 Å². The summed E-state index contributed by atoms with van der Waals surface area (Å²) >= 11 is 6.24. The second-order valence-corrected chi connectivity index (χ2v) is 8.82. The molecule has 168 valence electrons. The first-order valence-electron chi connectivity index (χ1n) is 10.9. The Morgan fingerprint density at radius 2 is 2.19 bits per heavy atom. The van der Waals surface area contributed by atoms with Crippen LogP contribution >= 0.6 is 11.6 Å². The van der Waals surface area contributed by atoms with E-state index in [9.17, 15) is 0 Å². The molecule has 8 nitrogen and oxygen atoms in total. The maximum absolute atomic E-state index is 6.24. The lowest BCUT2D eigenvalue weighted by atomic mass is 10.0. The predicted molar refractivity (Wildman–Crippen MR) is 123 cm³/mol. The number of piperidine rings is 1. The number of tetrazole rings is 1. The van der Waals surface area contributed by atoms with Crippen LogP contribution in [0.25, 0.3) is 6.08 Å². The second-order valence-electron chi connectivity index (χ2n) is 8.39. The van der Waals surface area contributed by atoms with Crippen LogP contribution in [0.2, 0.25) is 5.02 Å². The Morgan fingerprint density at radius 3 is 2.91 bits per heavy atom. The Bertz CT molecular complexity index is 1120. The van der Waals surface area contributed by atoms with Crippen LogP contribution in [-0.4, -0.2) is 41.8 Å². The number of allylic oxidation sites excluding steroid dienone is 1. The number of nitrogens with zero attached hydrogens (tertiary/aromatic N) is 7. The molecule has 0 bridgehead atoms. The van der Waals surface area contributed by atoms with E-state index in [0.717, 1.165) is 48.5 Å². The second kappa shape index (κ2) is 9.65. The minimum Gasteiger partial charge on any atom is -0.360 e. The number of rotatable bonds is 7. The summed E-state index contributed by atoms with van der Waals surface area (Å²) < 4.78 is 5.60. The first-order chi connectivity index (χ1) is 15.4. The number of hydrogen-bond donors (Lipinski definition) is 0. The minimum atomic E-state index is 0.0490. The number of aromatic nitrogens is 6. The van der Waals surface area contributed by atoms with Gasteiger partial charge in [0.15, 0.2) is 11.6 Å². The van der Waals surface area contributed by atoms with Crippen LogP contribution < -0.4 is 0 Å². The highest BCUT2D eigenvalue weighted by molar-refractivity contribution is 6.30. The van der Waals surface area contributed by atoms with Crippen molar-refractivity contribution < 1.29 is 4.52 Å². The van der Waals surface area contributed by atoms with E-state index in [-0.39, 0.29) is 12.0 Å². The highest BCUT2D eigenvalue weighted by Crippen LogP contribution is 2.33. The van der Waals surface area contributed by atoms with Crippen molar-refractivity contribution in [1.82, 2.24) is 35.2 Å². The zero-order valence-corrected chi connectivity index (χ0v) is 19.5. The van der Waals surface area contributed by atoms with Crippen LogP contribution in [0.4, 0.5) is 0 Å². The molecule has 0 unspecified atom stereocenters. The first kappa shape index (κ1) is 22.2. The molecule has 1 aliphatic rings. The summed E-state index contributed by atoms with van der Waals surface area (Å²) in [7, 11) is 0. The Balaban J connectivity index is 1.53. The molecule has 1 atom stereocenters. The molecule has 0 spiro atoms. The lowest BCUT2D eigenvalue weighted by Gasteiger charge is -2.35. The molecule has 0 N–H and O–H groups in total. The average Bonchev–Trinajstić information content (AvgIpc) is 3.42. The predicted octanol–water partition coefficient (Wildman–Crippen LogP) is 4.94. The molecule has 1 fully saturated rings. The Hall–Kier alpha value is -3.00. The highest BCUT2D eigenvalue weighted by Gasteiger charge is 2.29. The van der Waals surface area contributed by atoms with Crippen molar-refractivity contribution in [3.63, 3.8) is 0 Å². The van der Waals surface area contributed by atoms with E-state index in [1.807, 2.05) is 31.2 Å². The van der Waals surface area contributed by atoms with Gasteiger partial charge in [-0.25, -0.2) is 0 Å². The topological polar surface area (TPSA) is 85.8 Å². The maximum atomic E-state index is 6.24. The SMILES string of the molecule is C=C(/C=C/c1ccc(Cl)cc1Cn1nnc(C)n1)N1CCCC[C@@H]1c1nc(C(C)C)no1. The van der Waals surface area contributed by atoms with Gasteiger partial charge in [0.05, 0.1) is 6.54 Å². The molecule has 0 aliphatic carbocycles. The van der Waals surface area contributed by atoms with E-state index in [1.54, 1.807) is 4.80 Å². The average molecular weight is 454 g/mol. The number of halogens is 1. The maximum Gasteiger partial charge on any atom is 0.249 e.